The van der Waals surface area contributed by atoms with Crippen LogP contribution < -0.4 is 0 Å². The van der Waals surface area contributed by atoms with Gasteiger partial charge in [0.25, 0.3) is 0 Å². The van der Waals surface area contributed by atoms with Gasteiger partial charge in [0.2, 0.25) is 5.91 Å². The van der Waals surface area contributed by atoms with E-state index in [-0.39, 0.29) is 11.3 Å². The molecule has 1 aromatic heterocycles. The highest BCUT2D eigenvalue weighted by Gasteiger charge is 2.45. The van der Waals surface area contributed by atoms with Gasteiger partial charge in [-0.15, -0.1) is 0 Å². The Morgan fingerprint density at radius 1 is 1.11 bits per heavy atom. The minimum Gasteiger partial charge on any atom is -0.342 e. The van der Waals surface area contributed by atoms with Crippen molar-refractivity contribution in [1.29, 1.82) is 0 Å². The van der Waals surface area contributed by atoms with Crippen LogP contribution in [0, 0.1) is 5.41 Å². The van der Waals surface area contributed by atoms with E-state index in [9.17, 15) is 4.79 Å². The predicted molar refractivity (Wildman–Crippen MR) is 107 cm³/mol. The van der Waals surface area contributed by atoms with Crippen LogP contribution in [0.5, 0.6) is 0 Å². The number of hydrogen-bond acceptors (Lipinski definition) is 3. The lowest BCUT2D eigenvalue weighted by molar-refractivity contribution is -0.141. The van der Waals surface area contributed by atoms with Crippen molar-refractivity contribution in [2.75, 3.05) is 26.2 Å². The summed E-state index contributed by atoms with van der Waals surface area (Å²) in [7, 11) is 0. The molecule has 0 radical (unpaired) electrons. The van der Waals surface area contributed by atoms with E-state index >= 15 is 0 Å². The smallest absolute Gasteiger partial charge is 0.230 e. The molecule has 27 heavy (non-hydrogen) atoms. The number of nitrogens with zero attached hydrogens (tertiary/aromatic N) is 3. The second-order valence-corrected chi connectivity index (χ2v) is 8.16. The van der Waals surface area contributed by atoms with Crippen LogP contribution >= 0.6 is 0 Å². The Labute approximate surface area is 162 Å². The maximum Gasteiger partial charge on any atom is 0.230 e. The topological polar surface area (TPSA) is 36.4 Å². The monoisotopic (exact) mass is 363 g/mol. The van der Waals surface area contributed by atoms with Crippen LogP contribution in [0.15, 0.2) is 54.9 Å². The minimum atomic E-state index is 0.0183. The number of piperidine rings is 2. The highest BCUT2D eigenvalue weighted by atomic mass is 16.2. The van der Waals surface area contributed by atoms with Crippen molar-refractivity contribution in [2.24, 2.45) is 5.41 Å². The lowest BCUT2D eigenvalue weighted by Gasteiger charge is -2.50. The van der Waals surface area contributed by atoms with Crippen LogP contribution in [0.4, 0.5) is 0 Å². The highest BCUT2D eigenvalue weighted by molar-refractivity contribution is 5.84. The van der Waals surface area contributed by atoms with Gasteiger partial charge in [0.15, 0.2) is 0 Å². The van der Waals surface area contributed by atoms with Crippen LogP contribution in [-0.4, -0.2) is 46.9 Å². The summed E-state index contributed by atoms with van der Waals surface area (Å²) in [5, 5.41) is 0. The van der Waals surface area contributed by atoms with Gasteiger partial charge >= 0.3 is 0 Å². The number of benzene rings is 1. The van der Waals surface area contributed by atoms with Crippen LogP contribution in [0.2, 0.25) is 0 Å². The predicted octanol–water partition coefficient (Wildman–Crippen LogP) is 3.70. The molecule has 0 unspecified atom stereocenters. The first-order valence-corrected chi connectivity index (χ1v) is 10.1. The van der Waals surface area contributed by atoms with Crippen LogP contribution in [-0.2, 0) is 11.3 Å². The van der Waals surface area contributed by atoms with Gasteiger partial charge in [-0.3, -0.25) is 14.7 Å². The van der Waals surface area contributed by atoms with Gasteiger partial charge in [-0.05, 0) is 61.9 Å². The third-order valence-corrected chi connectivity index (χ3v) is 6.40. The Morgan fingerprint density at radius 2 is 1.89 bits per heavy atom. The molecule has 2 fully saturated rings. The molecule has 2 saturated heterocycles. The van der Waals surface area contributed by atoms with Gasteiger partial charge in [0.1, 0.15) is 0 Å². The van der Waals surface area contributed by atoms with Crippen LogP contribution in [0.25, 0.3) is 0 Å². The molecule has 1 spiro atoms. The van der Waals surface area contributed by atoms with E-state index in [0.717, 1.165) is 39.1 Å². The van der Waals surface area contributed by atoms with Crippen molar-refractivity contribution in [1.82, 2.24) is 14.8 Å². The number of carbonyl (C=O) groups excluding carboxylic acids is 1. The third kappa shape index (κ3) is 3.91. The SMILES string of the molecule is CCN1CC2(CCN(Cc3cccnc3)CC2)C[C@H](c2ccccc2)C1=O. The number of hydrogen-bond donors (Lipinski definition) is 0. The Kier molecular flexibility index (Phi) is 5.26. The summed E-state index contributed by atoms with van der Waals surface area (Å²) in [5.41, 5.74) is 2.72. The zero-order valence-electron chi connectivity index (χ0n) is 16.2. The van der Waals surface area contributed by atoms with Crippen molar-refractivity contribution in [2.45, 2.75) is 38.6 Å². The molecule has 4 heteroatoms. The lowest BCUT2D eigenvalue weighted by Crippen LogP contribution is -2.53. The Bertz CT molecular complexity index is 754. The van der Waals surface area contributed by atoms with E-state index in [1.54, 1.807) is 0 Å². The van der Waals surface area contributed by atoms with E-state index < -0.39 is 0 Å². The summed E-state index contributed by atoms with van der Waals surface area (Å²) >= 11 is 0. The lowest BCUT2D eigenvalue weighted by atomic mass is 9.67. The first kappa shape index (κ1) is 18.2. The molecule has 0 aliphatic carbocycles. The Hall–Kier alpha value is -2.20. The normalized spacial score (nSPS) is 22.9. The molecule has 1 atom stereocenters. The largest absolute Gasteiger partial charge is 0.342 e. The zero-order valence-corrected chi connectivity index (χ0v) is 16.2. The van der Waals surface area contributed by atoms with Gasteiger partial charge in [-0.2, -0.15) is 0 Å². The van der Waals surface area contributed by atoms with Gasteiger partial charge in [0, 0.05) is 32.0 Å². The molecule has 1 amide bonds. The first-order valence-electron chi connectivity index (χ1n) is 10.1. The van der Waals surface area contributed by atoms with Crippen LogP contribution in [0.3, 0.4) is 0 Å². The minimum absolute atomic E-state index is 0.0183. The maximum atomic E-state index is 13.0. The number of aromatic nitrogens is 1. The second-order valence-electron chi connectivity index (χ2n) is 8.16. The van der Waals surface area contributed by atoms with E-state index in [0.29, 0.717) is 5.91 Å². The number of rotatable bonds is 4. The Morgan fingerprint density at radius 3 is 2.56 bits per heavy atom. The van der Waals surface area contributed by atoms with Crippen molar-refractivity contribution >= 4 is 5.91 Å². The van der Waals surface area contributed by atoms with Gasteiger partial charge in [0.05, 0.1) is 5.92 Å². The maximum absolute atomic E-state index is 13.0. The zero-order chi connectivity index (χ0) is 18.7. The summed E-state index contributed by atoms with van der Waals surface area (Å²) in [6.07, 6.45) is 7.12. The number of carbonyl (C=O) groups is 1. The summed E-state index contributed by atoms with van der Waals surface area (Å²) in [6, 6.07) is 14.5. The van der Waals surface area contributed by atoms with E-state index in [1.807, 2.05) is 24.5 Å². The van der Waals surface area contributed by atoms with Gasteiger partial charge in [-0.25, -0.2) is 0 Å². The fourth-order valence-corrected chi connectivity index (χ4v) is 4.80. The van der Waals surface area contributed by atoms with Crippen molar-refractivity contribution < 1.29 is 4.79 Å². The van der Waals surface area contributed by atoms with E-state index in [4.69, 9.17) is 0 Å². The average Bonchev–Trinajstić information content (AvgIpc) is 2.73. The molecule has 2 aliphatic heterocycles. The molecule has 0 bridgehead atoms. The quantitative estimate of drug-likeness (QED) is 0.831. The molecule has 4 rings (SSSR count). The summed E-state index contributed by atoms with van der Waals surface area (Å²) in [4.78, 5) is 21.9. The summed E-state index contributed by atoms with van der Waals surface area (Å²) < 4.78 is 0. The fraction of sp³-hybridized carbons (Fsp3) is 0.478. The first-order chi connectivity index (χ1) is 13.2. The number of pyridine rings is 1. The molecule has 2 aromatic rings. The molecule has 0 N–H and O–H groups in total. The number of likely N-dealkylation sites (tertiary alicyclic amines) is 2. The van der Waals surface area contributed by atoms with Gasteiger partial charge in [-0.1, -0.05) is 36.4 Å². The van der Waals surface area contributed by atoms with E-state index in [2.05, 4.69) is 52.0 Å². The fourth-order valence-electron chi connectivity index (χ4n) is 4.80. The van der Waals surface area contributed by atoms with E-state index in [1.165, 1.54) is 24.0 Å². The molecule has 3 heterocycles. The molecule has 4 nitrogen and oxygen atoms in total. The molecular formula is C23H29N3O. The summed E-state index contributed by atoms with van der Waals surface area (Å²) in [5.74, 6) is 0.330. The van der Waals surface area contributed by atoms with Crippen molar-refractivity contribution in [3.63, 3.8) is 0 Å². The van der Waals surface area contributed by atoms with Crippen molar-refractivity contribution in [3.05, 3.63) is 66.0 Å². The second kappa shape index (κ2) is 7.81. The number of likely N-dealkylation sites (N-methyl/N-ethyl adjacent to an activating group) is 1. The summed E-state index contributed by atoms with van der Waals surface area (Å²) in [6.45, 7) is 7.01. The Balaban J connectivity index is 1.47. The van der Waals surface area contributed by atoms with Crippen molar-refractivity contribution in [3.8, 4) is 0 Å². The molecule has 1 aromatic carbocycles. The van der Waals surface area contributed by atoms with Crippen LogP contribution in [0.1, 0.15) is 43.2 Å². The third-order valence-electron chi connectivity index (χ3n) is 6.40. The molecule has 142 valence electrons. The standard InChI is InChI=1S/C23H29N3O/c1-2-26-18-23(15-21(22(26)27)20-8-4-3-5-9-20)10-13-25(14-11-23)17-19-7-6-12-24-16-19/h3-9,12,16,21H,2,10-11,13-15,17-18H2,1H3/t21-/m1/s1. The van der Waals surface area contributed by atoms with Gasteiger partial charge < -0.3 is 4.90 Å². The highest BCUT2D eigenvalue weighted by Crippen LogP contribution is 2.45. The molecule has 2 aliphatic rings. The number of amides is 1. The molecular weight excluding hydrogens is 334 g/mol. The average molecular weight is 364 g/mol. The molecule has 0 saturated carbocycles.